The molecule has 0 saturated carbocycles. The van der Waals surface area contributed by atoms with Crippen LogP contribution in [-0.2, 0) is 9.59 Å². The third-order valence-electron chi connectivity index (χ3n) is 4.76. The first-order valence-corrected chi connectivity index (χ1v) is 11.5. The van der Waals surface area contributed by atoms with Gasteiger partial charge in [0.1, 0.15) is 11.5 Å². The van der Waals surface area contributed by atoms with E-state index in [-0.39, 0.29) is 30.1 Å². The van der Waals surface area contributed by atoms with Gasteiger partial charge in [-0.2, -0.15) is 0 Å². The fourth-order valence-corrected chi connectivity index (χ4v) is 2.96. The predicted octanol–water partition coefficient (Wildman–Crippen LogP) is 6.85. The van der Waals surface area contributed by atoms with E-state index in [2.05, 4.69) is 6.92 Å². The zero-order valence-corrected chi connectivity index (χ0v) is 19.4. The molecule has 0 heterocycles. The van der Waals surface area contributed by atoms with Crippen LogP contribution in [0.2, 0.25) is 0 Å². The number of rotatable bonds is 14. The maximum Gasteiger partial charge on any atom is 0.311 e. The molecule has 32 heavy (non-hydrogen) atoms. The lowest BCUT2D eigenvalue weighted by atomic mass is 10.1. The van der Waals surface area contributed by atoms with Gasteiger partial charge in [-0.1, -0.05) is 65.0 Å². The van der Waals surface area contributed by atoms with Crippen LogP contribution in [0, 0.1) is 0 Å². The van der Waals surface area contributed by atoms with Crippen LogP contribution in [0.1, 0.15) is 72.1 Å². The van der Waals surface area contributed by atoms with Gasteiger partial charge in [0.05, 0.1) is 6.61 Å². The molecular weight excluding hydrogens is 408 g/mol. The third kappa shape index (κ3) is 8.61. The molecule has 0 unspecified atom stereocenters. The third-order valence-corrected chi connectivity index (χ3v) is 4.76. The van der Waals surface area contributed by atoms with Crippen LogP contribution in [0.15, 0.2) is 42.5 Å². The molecule has 0 saturated heterocycles. The number of carbonyl (C=O) groups is 2. The lowest BCUT2D eigenvalue weighted by Gasteiger charge is -2.15. The summed E-state index contributed by atoms with van der Waals surface area (Å²) in [5.41, 5.74) is 0. The highest BCUT2D eigenvalue weighted by Gasteiger charge is 2.18. The number of esters is 2. The van der Waals surface area contributed by atoms with Gasteiger partial charge < -0.3 is 18.9 Å². The number of unbranched alkanes of at least 4 members (excludes halogenated alkanes) is 5. The van der Waals surface area contributed by atoms with Crippen molar-refractivity contribution < 1.29 is 28.5 Å². The molecule has 0 radical (unpaired) electrons. The van der Waals surface area contributed by atoms with Gasteiger partial charge in [0.25, 0.3) is 0 Å². The minimum Gasteiger partial charge on any atom is -0.493 e. The molecule has 6 nitrogen and oxygen atoms in total. The van der Waals surface area contributed by atoms with Crippen molar-refractivity contribution in [3.05, 3.63) is 42.5 Å². The average Bonchev–Trinajstić information content (AvgIpc) is 2.80. The fraction of sp³-hybridized carbons (Fsp3) is 0.462. The van der Waals surface area contributed by atoms with Crippen LogP contribution < -0.4 is 18.9 Å². The van der Waals surface area contributed by atoms with Gasteiger partial charge in [0.15, 0.2) is 11.5 Å². The Labute approximate surface area is 190 Å². The first kappa shape index (κ1) is 25.2. The summed E-state index contributed by atoms with van der Waals surface area (Å²) < 4.78 is 22.6. The second-order valence-corrected chi connectivity index (χ2v) is 7.43. The minimum atomic E-state index is -0.453. The van der Waals surface area contributed by atoms with Crippen LogP contribution >= 0.6 is 0 Å². The highest BCUT2D eigenvalue weighted by molar-refractivity contribution is 5.77. The van der Waals surface area contributed by atoms with E-state index in [0.717, 1.165) is 12.8 Å². The molecule has 0 bridgehead atoms. The van der Waals surface area contributed by atoms with Gasteiger partial charge in [-0.05, 0) is 30.7 Å². The zero-order chi connectivity index (χ0) is 23.2. The summed E-state index contributed by atoms with van der Waals surface area (Å²) in [4.78, 5) is 23.7. The molecule has 6 heteroatoms. The van der Waals surface area contributed by atoms with Crippen molar-refractivity contribution in [1.82, 2.24) is 0 Å². The highest BCUT2D eigenvalue weighted by atomic mass is 16.6. The summed E-state index contributed by atoms with van der Waals surface area (Å²) in [6.45, 7) is 6.24. The molecule has 0 aliphatic carbocycles. The number of para-hydroxylation sites is 1. The molecule has 174 valence electrons. The van der Waals surface area contributed by atoms with Crippen molar-refractivity contribution >= 4 is 11.9 Å². The second-order valence-electron chi connectivity index (χ2n) is 7.43. The van der Waals surface area contributed by atoms with Crippen LogP contribution in [0.25, 0.3) is 0 Å². The summed E-state index contributed by atoms with van der Waals surface area (Å²) in [5.74, 6) is 0.856. The number of hydrogen-bond acceptors (Lipinski definition) is 6. The van der Waals surface area contributed by atoms with Crippen molar-refractivity contribution in [2.24, 2.45) is 0 Å². The summed E-state index contributed by atoms with van der Waals surface area (Å²) in [6.07, 6.45) is 7.58. The van der Waals surface area contributed by atoms with E-state index < -0.39 is 11.9 Å². The summed E-state index contributed by atoms with van der Waals surface area (Å²) in [5, 5.41) is 0. The predicted molar refractivity (Wildman–Crippen MR) is 124 cm³/mol. The lowest BCUT2D eigenvalue weighted by Crippen LogP contribution is -2.11. The Morgan fingerprint density at radius 2 is 1.34 bits per heavy atom. The largest absolute Gasteiger partial charge is 0.493 e. The van der Waals surface area contributed by atoms with Crippen LogP contribution in [0.4, 0.5) is 0 Å². The van der Waals surface area contributed by atoms with Crippen molar-refractivity contribution in [2.45, 2.75) is 72.1 Å². The molecule has 0 atom stereocenters. The SMILES string of the molecule is CCCCCCCCOc1cccc(Oc2cccc(OC(=O)CC)c2OC(=O)CC)c1. The van der Waals surface area contributed by atoms with Gasteiger partial charge in [-0.25, -0.2) is 0 Å². The van der Waals surface area contributed by atoms with E-state index >= 15 is 0 Å². The van der Waals surface area contributed by atoms with Gasteiger partial charge in [-0.3, -0.25) is 9.59 Å². The van der Waals surface area contributed by atoms with Gasteiger partial charge >= 0.3 is 11.9 Å². The Morgan fingerprint density at radius 1 is 0.719 bits per heavy atom. The molecule has 0 spiro atoms. The number of ether oxygens (including phenoxy) is 4. The Morgan fingerprint density at radius 3 is 2.09 bits per heavy atom. The first-order chi connectivity index (χ1) is 15.6. The molecule has 2 rings (SSSR count). The lowest BCUT2D eigenvalue weighted by molar-refractivity contribution is -0.136. The zero-order valence-electron chi connectivity index (χ0n) is 19.4. The summed E-state index contributed by atoms with van der Waals surface area (Å²) >= 11 is 0. The van der Waals surface area contributed by atoms with Crippen molar-refractivity contribution in [1.29, 1.82) is 0 Å². The van der Waals surface area contributed by atoms with E-state index in [1.165, 1.54) is 25.7 Å². The fourth-order valence-electron chi connectivity index (χ4n) is 2.96. The first-order valence-electron chi connectivity index (χ1n) is 11.5. The molecule has 0 aromatic heterocycles. The summed E-state index contributed by atoms with van der Waals surface area (Å²) in [7, 11) is 0. The van der Waals surface area contributed by atoms with Gasteiger partial charge in [0, 0.05) is 18.9 Å². The Hall–Kier alpha value is -3.02. The number of hydrogen-bond donors (Lipinski definition) is 0. The smallest absolute Gasteiger partial charge is 0.311 e. The Bertz CT molecular complexity index is 861. The van der Waals surface area contributed by atoms with Crippen LogP contribution in [-0.4, -0.2) is 18.5 Å². The van der Waals surface area contributed by atoms with Crippen molar-refractivity contribution in [2.75, 3.05) is 6.61 Å². The van der Waals surface area contributed by atoms with Crippen LogP contribution in [0.3, 0.4) is 0 Å². The normalized spacial score (nSPS) is 10.5. The standard InChI is InChI=1S/C26H34O6/c1-4-7-8-9-10-11-18-29-20-14-12-15-21(19-20)30-22-16-13-17-23(31-24(27)5-2)26(22)32-25(28)6-3/h12-17,19H,4-11,18H2,1-3H3. The highest BCUT2D eigenvalue weighted by Crippen LogP contribution is 2.40. The molecule has 0 aliphatic heterocycles. The van der Waals surface area contributed by atoms with E-state index in [0.29, 0.717) is 18.1 Å². The van der Waals surface area contributed by atoms with E-state index in [1.54, 1.807) is 44.2 Å². The molecule has 0 fully saturated rings. The Kier molecular flexibility index (Phi) is 11.1. The van der Waals surface area contributed by atoms with Crippen molar-refractivity contribution in [3.8, 4) is 28.7 Å². The monoisotopic (exact) mass is 442 g/mol. The molecule has 0 aliphatic rings. The van der Waals surface area contributed by atoms with E-state index in [1.807, 2.05) is 12.1 Å². The van der Waals surface area contributed by atoms with E-state index in [9.17, 15) is 9.59 Å². The van der Waals surface area contributed by atoms with Crippen LogP contribution in [0.5, 0.6) is 28.7 Å². The maximum absolute atomic E-state index is 11.9. The minimum absolute atomic E-state index is 0.0829. The van der Waals surface area contributed by atoms with E-state index in [4.69, 9.17) is 18.9 Å². The maximum atomic E-state index is 11.9. The van der Waals surface area contributed by atoms with Gasteiger partial charge in [0.2, 0.25) is 5.75 Å². The quantitative estimate of drug-likeness (QED) is 0.181. The molecule has 0 amide bonds. The number of carbonyl (C=O) groups excluding carboxylic acids is 2. The number of benzene rings is 2. The molecule has 0 N–H and O–H groups in total. The topological polar surface area (TPSA) is 71.1 Å². The van der Waals surface area contributed by atoms with Gasteiger partial charge in [-0.15, -0.1) is 0 Å². The average molecular weight is 443 g/mol. The molecule has 2 aromatic rings. The Balaban J connectivity index is 2.07. The molecular formula is C26H34O6. The summed E-state index contributed by atoms with van der Waals surface area (Å²) in [6, 6.07) is 12.2. The second kappa shape index (κ2) is 14.1. The van der Waals surface area contributed by atoms with Crippen molar-refractivity contribution in [3.63, 3.8) is 0 Å². The molecule has 2 aromatic carbocycles.